The minimum absolute atomic E-state index is 0.0471. The van der Waals surface area contributed by atoms with Gasteiger partial charge in [0, 0.05) is 19.2 Å². The summed E-state index contributed by atoms with van der Waals surface area (Å²) in [7, 11) is 0. The Morgan fingerprint density at radius 3 is 2.88 bits per heavy atom. The maximum absolute atomic E-state index is 12.4. The first-order chi connectivity index (χ1) is 11.5. The lowest BCUT2D eigenvalue weighted by Crippen LogP contribution is -2.46. The van der Waals surface area contributed by atoms with Crippen LogP contribution in [0.25, 0.3) is 0 Å². The van der Waals surface area contributed by atoms with E-state index in [2.05, 4.69) is 38.4 Å². The Hall–Kier alpha value is -2.47. The molecule has 2 heterocycles. The van der Waals surface area contributed by atoms with Crippen LogP contribution in [0.15, 0.2) is 35.1 Å². The molecule has 2 N–H and O–H groups in total. The molecule has 1 aromatic carbocycles. The molecule has 0 saturated heterocycles. The zero-order valence-corrected chi connectivity index (χ0v) is 14.0. The van der Waals surface area contributed by atoms with Gasteiger partial charge in [-0.1, -0.05) is 24.3 Å². The molecule has 6 nitrogen and oxygen atoms in total. The molecule has 0 radical (unpaired) electrons. The van der Waals surface area contributed by atoms with Crippen molar-refractivity contribution in [3.05, 3.63) is 63.3 Å². The van der Waals surface area contributed by atoms with Crippen molar-refractivity contribution >= 4 is 5.91 Å². The summed E-state index contributed by atoms with van der Waals surface area (Å²) in [6.45, 7) is 5.56. The van der Waals surface area contributed by atoms with Crippen molar-refractivity contribution in [2.24, 2.45) is 0 Å². The first-order valence-electron chi connectivity index (χ1n) is 8.18. The highest BCUT2D eigenvalue weighted by atomic mass is 16.2. The van der Waals surface area contributed by atoms with Gasteiger partial charge in [0.15, 0.2) is 0 Å². The van der Waals surface area contributed by atoms with E-state index in [9.17, 15) is 9.59 Å². The Morgan fingerprint density at radius 1 is 1.38 bits per heavy atom. The van der Waals surface area contributed by atoms with Crippen LogP contribution in [0.2, 0.25) is 0 Å². The van der Waals surface area contributed by atoms with Crippen LogP contribution in [-0.4, -0.2) is 33.4 Å². The number of nitrogens with one attached hydrogen (secondary N) is 2. The zero-order chi connectivity index (χ0) is 17.1. The number of H-pyrrole nitrogens is 1. The van der Waals surface area contributed by atoms with Gasteiger partial charge in [-0.3, -0.25) is 14.5 Å². The van der Waals surface area contributed by atoms with Gasteiger partial charge in [0.25, 0.3) is 5.56 Å². The molecular formula is C18H22N4O2. The summed E-state index contributed by atoms with van der Waals surface area (Å²) >= 11 is 0. The van der Waals surface area contributed by atoms with E-state index in [0.717, 1.165) is 19.5 Å². The molecule has 3 rings (SSSR count). The first-order valence-corrected chi connectivity index (χ1v) is 8.18. The third-order valence-corrected chi connectivity index (χ3v) is 4.44. The molecule has 0 bridgehead atoms. The van der Waals surface area contributed by atoms with Crippen molar-refractivity contribution in [1.29, 1.82) is 0 Å². The number of aromatic nitrogens is 2. The lowest BCUT2D eigenvalue weighted by Gasteiger charge is -2.32. The number of aryl methyl sites for hydroxylation is 1. The standard InChI is InChI=1S/C18H22N4O2/c1-12(22-8-7-14-5-3-4-6-15(14)11-22)18(24)19-10-16-9-17(23)21-13(2)20-16/h3-6,9,12H,7-8,10-11H2,1-2H3,(H,19,24)(H,20,21,23)/t12-/m1/s1. The van der Waals surface area contributed by atoms with Gasteiger partial charge in [0.1, 0.15) is 5.82 Å². The van der Waals surface area contributed by atoms with Gasteiger partial charge in [-0.05, 0) is 31.4 Å². The predicted molar refractivity (Wildman–Crippen MR) is 91.5 cm³/mol. The van der Waals surface area contributed by atoms with Crippen molar-refractivity contribution in [1.82, 2.24) is 20.2 Å². The molecule has 2 aromatic rings. The molecule has 1 aliphatic rings. The predicted octanol–water partition coefficient (Wildman–Crippen LogP) is 1.14. The lowest BCUT2D eigenvalue weighted by molar-refractivity contribution is -0.126. The Kier molecular flexibility index (Phi) is 4.76. The van der Waals surface area contributed by atoms with E-state index in [1.807, 2.05) is 13.0 Å². The molecule has 1 aliphatic heterocycles. The number of carbonyl (C=O) groups is 1. The number of hydrogen-bond donors (Lipinski definition) is 2. The first kappa shape index (κ1) is 16.4. The van der Waals surface area contributed by atoms with E-state index in [1.54, 1.807) is 6.92 Å². The summed E-state index contributed by atoms with van der Waals surface area (Å²) in [4.78, 5) is 32.9. The zero-order valence-electron chi connectivity index (χ0n) is 14.0. The minimum Gasteiger partial charge on any atom is -0.349 e. The van der Waals surface area contributed by atoms with Crippen molar-refractivity contribution < 1.29 is 4.79 Å². The van der Waals surface area contributed by atoms with E-state index in [1.165, 1.54) is 17.2 Å². The van der Waals surface area contributed by atoms with E-state index in [4.69, 9.17) is 0 Å². The van der Waals surface area contributed by atoms with Crippen molar-refractivity contribution in [3.8, 4) is 0 Å². The van der Waals surface area contributed by atoms with E-state index < -0.39 is 0 Å². The third kappa shape index (κ3) is 3.71. The Morgan fingerprint density at radius 2 is 2.12 bits per heavy atom. The molecule has 0 fully saturated rings. The number of carbonyl (C=O) groups excluding carboxylic acids is 1. The number of aromatic amines is 1. The van der Waals surface area contributed by atoms with Crippen molar-refractivity contribution in [2.75, 3.05) is 6.54 Å². The van der Waals surface area contributed by atoms with E-state index in [0.29, 0.717) is 11.5 Å². The number of fused-ring (bicyclic) bond motifs is 1. The summed E-state index contributed by atoms with van der Waals surface area (Å²) in [6.07, 6.45) is 0.961. The largest absolute Gasteiger partial charge is 0.349 e. The fourth-order valence-electron chi connectivity index (χ4n) is 3.07. The van der Waals surface area contributed by atoms with E-state index >= 15 is 0 Å². The maximum atomic E-state index is 12.4. The van der Waals surface area contributed by atoms with Crippen molar-refractivity contribution in [2.45, 2.75) is 39.4 Å². The molecular weight excluding hydrogens is 304 g/mol. The van der Waals surface area contributed by atoms with Gasteiger partial charge in [-0.15, -0.1) is 0 Å². The topological polar surface area (TPSA) is 78.1 Å². The van der Waals surface area contributed by atoms with Crippen molar-refractivity contribution in [3.63, 3.8) is 0 Å². The fraction of sp³-hybridized carbons (Fsp3) is 0.389. The summed E-state index contributed by atoms with van der Waals surface area (Å²) in [5.74, 6) is 0.501. The van der Waals surface area contributed by atoms with Gasteiger partial charge in [-0.2, -0.15) is 0 Å². The Balaban J connectivity index is 1.60. The molecule has 1 amide bonds. The van der Waals surface area contributed by atoms with E-state index in [-0.39, 0.29) is 24.1 Å². The number of amides is 1. The molecule has 0 spiro atoms. The third-order valence-electron chi connectivity index (χ3n) is 4.44. The number of nitrogens with zero attached hydrogens (tertiary/aromatic N) is 2. The molecule has 0 unspecified atom stereocenters. The molecule has 0 aliphatic carbocycles. The highest BCUT2D eigenvalue weighted by Crippen LogP contribution is 2.20. The van der Waals surface area contributed by atoms with Gasteiger partial charge in [-0.25, -0.2) is 4.98 Å². The fourth-order valence-corrected chi connectivity index (χ4v) is 3.07. The molecule has 6 heteroatoms. The Labute approximate surface area is 140 Å². The smallest absolute Gasteiger partial charge is 0.251 e. The number of rotatable bonds is 4. The second-order valence-corrected chi connectivity index (χ2v) is 6.21. The second kappa shape index (κ2) is 6.97. The van der Waals surface area contributed by atoms with Crippen LogP contribution in [0.5, 0.6) is 0 Å². The molecule has 0 saturated carbocycles. The summed E-state index contributed by atoms with van der Waals surface area (Å²) < 4.78 is 0. The average molecular weight is 326 g/mol. The summed E-state index contributed by atoms with van der Waals surface area (Å²) in [5, 5.41) is 2.88. The van der Waals surface area contributed by atoms with Crippen LogP contribution in [0.4, 0.5) is 0 Å². The molecule has 24 heavy (non-hydrogen) atoms. The van der Waals surface area contributed by atoms with Gasteiger partial charge in [0.05, 0.1) is 18.3 Å². The molecule has 126 valence electrons. The SMILES string of the molecule is Cc1nc(CNC(=O)[C@@H](C)N2CCc3ccccc3C2)cc(=O)[nH]1. The molecule has 1 atom stereocenters. The van der Waals surface area contributed by atoms with Gasteiger partial charge < -0.3 is 10.3 Å². The van der Waals surface area contributed by atoms with Crippen LogP contribution in [0.1, 0.15) is 29.6 Å². The Bertz CT molecular complexity index is 800. The van der Waals surface area contributed by atoms with Crippen LogP contribution in [0, 0.1) is 6.92 Å². The lowest BCUT2D eigenvalue weighted by atomic mass is 9.99. The quantitative estimate of drug-likeness (QED) is 0.883. The second-order valence-electron chi connectivity index (χ2n) is 6.21. The van der Waals surface area contributed by atoms with Crippen LogP contribution in [0.3, 0.4) is 0 Å². The van der Waals surface area contributed by atoms with Gasteiger partial charge in [0.2, 0.25) is 5.91 Å². The molecule has 1 aromatic heterocycles. The highest BCUT2D eigenvalue weighted by Gasteiger charge is 2.25. The normalized spacial score (nSPS) is 15.6. The van der Waals surface area contributed by atoms with Crippen LogP contribution >= 0.6 is 0 Å². The monoisotopic (exact) mass is 326 g/mol. The minimum atomic E-state index is -0.221. The summed E-state index contributed by atoms with van der Waals surface area (Å²) in [5.41, 5.74) is 3.02. The highest BCUT2D eigenvalue weighted by molar-refractivity contribution is 5.81. The number of hydrogen-bond acceptors (Lipinski definition) is 4. The summed E-state index contributed by atoms with van der Waals surface area (Å²) in [6, 6.07) is 9.55. The van der Waals surface area contributed by atoms with Crippen LogP contribution in [-0.2, 0) is 24.3 Å². The van der Waals surface area contributed by atoms with Gasteiger partial charge >= 0.3 is 0 Å². The number of benzene rings is 1. The average Bonchev–Trinajstić information content (AvgIpc) is 2.57. The maximum Gasteiger partial charge on any atom is 0.251 e. The van der Waals surface area contributed by atoms with Crippen LogP contribution < -0.4 is 10.9 Å².